The van der Waals surface area contributed by atoms with Crippen molar-refractivity contribution in [3.8, 4) is 78.7 Å². The van der Waals surface area contributed by atoms with Gasteiger partial charge in [0.25, 0.3) is 0 Å². The molecule has 9 aromatic carbocycles. The van der Waals surface area contributed by atoms with Crippen LogP contribution in [-0.2, 0) is 5.41 Å². The zero-order valence-corrected chi connectivity index (χ0v) is 36.5. The first-order valence-corrected chi connectivity index (χ1v) is 22.9. The van der Waals surface area contributed by atoms with Crippen LogP contribution in [0.1, 0.15) is 25.0 Å². The molecule has 0 aliphatic heterocycles. The van der Waals surface area contributed by atoms with Crippen molar-refractivity contribution < 1.29 is 4.42 Å². The summed E-state index contributed by atoms with van der Waals surface area (Å²) >= 11 is 1.79. The van der Waals surface area contributed by atoms with Crippen LogP contribution < -0.4 is 0 Å². The third-order valence-corrected chi connectivity index (χ3v) is 14.5. The van der Waals surface area contributed by atoms with E-state index in [9.17, 15) is 0 Å². The van der Waals surface area contributed by atoms with Crippen LogP contribution in [0.3, 0.4) is 0 Å². The minimum Gasteiger partial charge on any atom is -0.456 e. The summed E-state index contributed by atoms with van der Waals surface area (Å²) in [6.45, 7) is 4.70. The standard InChI is InChI=1S/C60H39N3OS/c1-60(2)49-24-8-6-18-43(49)44-21-11-20-42(56(44)60)41-17-10-16-39(34-41)40-32-33-50-48(35-40)54-46(22-12-25-51(54)64-50)58-61-57(38-30-28-37(29-31-38)36-14-4-3-5-15-36)62-59(63-58)47-23-13-27-53-55(47)45-19-7-9-26-52(45)65-53/h3-35H,1-2H3. The Kier molecular flexibility index (Phi) is 8.39. The van der Waals surface area contributed by atoms with Gasteiger partial charge in [0.15, 0.2) is 17.5 Å². The van der Waals surface area contributed by atoms with Crippen molar-refractivity contribution in [2.24, 2.45) is 0 Å². The predicted molar refractivity (Wildman–Crippen MR) is 270 cm³/mol. The topological polar surface area (TPSA) is 51.8 Å². The van der Waals surface area contributed by atoms with Gasteiger partial charge in [0.05, 0.1) is 0 Å². The molecule has 1 aliphatic carbocycles. The number of benzene rings is 9. The Labute approximate surface area is 380 Å². The van der Waals surface area contributed by atoms with Gasteiger partial charge < -0.3 is 4.42 Å². The molecular weight excluding hydrogens is 811 g/mol. The van der Waals surface area contributed by atoms with Gasteiger partial charge in [0.1, 0.15) is 11.2 Å². The number of nitrogens with zero attached hydrogens (tertiary/aromatic N) is 3. The zero-order valence-electron chi connectivity index (χ0n) is 35.7. The highest BCUT2D eigenvalue weighted by Gasteiger charge is 2.37. The van der Waals surface area contributed by atoms with Crippen molar-refractivity contribution in [1.82, 2.24) is 15.0 Å². The Morgan fingerprint density at radius 1 is 0.369 bits per heavy atom. The Bertz CT molecular complexity index is 3860. The third kappa shape index (κ3) is 6.00. The lowest BCUT2D eigenvalue weighted by molar-refractivity contribution is 0.662. The van der Waals surface area contributed by atoms with Crippen molar-refractivity contribution in [2.45, 2.75) is 19.3 Å². The van der Waals surface area contributed by atoms with Crippen LogP contribution in [0.2, 0.25) is 0 Å². The molecule has 0 N–H and O–H groups in total. The molecule has 5 heteroatoms. The molecule has 1 aliphatic rings. The number of thiophene rings is 1. The lowest BCUT2D eigenvalue weighted by Crippen LogP contribution is -2.16. The molecule has 0 amide bonds. The second-order valence-electron chi connectivity index (χ2n) is 17.5. The molecular formula is C60H39N3OS. The molecule has 12 aromatic rings. The van der Waals surface area contributed by atoms with Gasteiger partial charge in [-0.1, -0.05) is 178 Å². The molecule has 65 heavy (non-hydrogen) atoms. The summed E-state index contributed by atoms with van der Waals surface area (Å²) < 4.78 is 9.05. The average Bonchev–Trinajstić information content (AvgIpc) is 4.01. The maximum Gasteiger partial charge on any atom is 0.164 e. The van der Waals surface area contributed by atoms with Gasteiger partial charge >= 0.3 is 0 Å². The molecule has 0 unspecified atom stereocenters. The van der Waals surface area contributed by atoms with Crippen LogP contribution in [0.5, 0.6) is 0 Å². The fraction of sp³-hybridized carbons (Fsp3) is 0.0500. The van der Waals surface area contributed by atoms with E-state index in [-0.39, 0.29) is 5.41 Å². The lowest BCUT2D eigenvalue weighted by atomic mass is 9.78. The van der Waals surface area contributed by atoms with Crippen LogP contribution in [0, 0.1) is 0 Å². The molecule has 0 radical (unpaired) electrons. The van der Waals surface area contributed by atoms with Gasteiger partial charge in [0.2, 0.25) is 0 Å². The molecule has 13 rings (SSSR count). The highest BCUT2D eigenvalue weighted by atomic mass is 32.1. The maximum absolute atomic E-state index is 6.61. The molecule has 0 atom stereocenters. The number of hydrogen-bond donors (Lipinski definition) is 0. The largest absolute Gasteiger partial charge is 0.456 e. The lowest BCUT2D eigenvalue weighted by Gasteiger charge is -2.24. The second-order valence-corrected chi connectivity index (χ2v) is 18.6. The Morgan fingerprint density at radius 2 is 0.938 bits per heavy atom. The molecule has 3 aromatic heterocycles. The van der Waals surface area contributed by atoms with E-state index in [1.54, 1.807) is 11.3 Å². The van der Waals surface area contributed by atoms with Crippen LogP contribution in [-0.4, -0.2) is 15.0 Å². The highest BCUT2D eigenvalue weighted by molar-refractivity contribution is 7.25. The molecule has 0 fully saturated rings. The SMILES string of the molecule is CC1(C)c2ccccc2-c2cccc(-c3cccc(-c4ccc5oc6cccc(-c7nc(-c8ccc(-c9ccccc9)cc8)nc(-c8cccc9sc%10ccccc%10c89)n7)c6c5c4)c3)c21. The fourth-order valence-electron chi connectivity index (χ4n) is 10.3. The van der Waals surface area contributed by atoms with Crippen molar-refractivity contribution in [3.63, 3.8) is 0 Å². The van der Waals surface area contributed by atoms with Crippen molar-refractivity contribution in [2.75, 3.05) is 0 Å². The predicted octanol–water partition coefficient (Wildman–Crippen LogP) is 16.4. The summed E-state index contributed by atoms with van der Waals surface area (Å²) in [5, 5.41) is 4.34. The van der Waals surface area contributed by atoms with E-state index in [2.05, 4.69) is 196 Å². The summed E-state index contributed by atoms with van der Waals surface area (Å²) in [7, 11) is 0. The van der Waals surface area contributed by atoms with E-state index in [4.69, 9.17) is 19.4 Å². The maximum atomic E-state index is 6.61. The van der Waals surface area contributed by atoms with Gasteiger partial charge in [-0.05, 0) is 92.0 Å². The highest BCUT2D eigenvalue weighted by Crippen LogP contribution is 2.52. The Morgan fingerprint density at radius 3 is 1.80 bits per heavy atom. The molecule has 3 heterocycles. The molecule has 0 spiro atoms. The fourth-order valence-corrected chi connectivity index (χ4v) is 11.4. The first-order chi connectivity index (χ1) is 32.0. The van der Waals surface area contributed by atoms with Crippen LogP contribution in [0.4, 0.5) is 0 Å². The number of rotatable bonds is 6. The molecule has 306 valence electrons. The van der Waals surface area contributed by atoms with Crippen LogP contribution >= 0.6 is 11.3 Å². The van der Waals surface area contributed by atoms with E-state index >= 15 is 0 Å². The first kappa shape index (κ1) is 37.6. The summed E-state index contributed by atoms with van der Waals surface area (Å²) in [6.07, 6.45) is 0. The van der Waals surface area contributed by atoms with Crippen molar-refractivity contribution >= 4 is 53.4 Å². The summed E-state index contributed by atoms with van der Waals surface area (Å²) in [4.78, 5) is 15.9. The third-order valence-electron chi connectivity index (χ3n) is 13.4. The minimum atomic E-state index is -0.117. The number of fused-ring (bicyclic) bond motifs is 9. The van der Waals surface area contributed by atoms with E-state index in [1.165, 1.54) is 48.2 Å². The summed E-state index contributed by atoms with van der Waals surface area (Å²) in [5.74, 6) is 1.84. The second kappa shape index (κ2) is 14.5. The monoisotopic (exact) mass is 849 g/mol. The van der Waals surface area contributed by atoms with Crippen molar-refractivity contribution in [1.29, 1.82) is 0 Å². The van der Waals surface area contributed by atoms with Gasteiger partial charge in [0, 0.05) is 53.1 Å². The van der Waals surface area contributed by atoms with Gasteiger partial charge in [-0.25, -0.2) is 15.0 Å². The average molecular weight is 850 g/mol. The van der Waals surface area contributed by atoms with Gasteiger partial charge in [-0.15, -0.1) is 11.3 Å². The summed E-state index contributed by atoms with van der Waals surface area (Å²) in [5.41, 5.74) is 16.7. The van der Waals surface area contributed by atoms with E-state index in [0.717, 1.165) is 66.3 Å². The van der Waals surface area contributed by atoms with Gasteiger partial charge in [-0.3, -0.25) is 0 Å². The van der Waals surface area contributed by atoms with Gasteiger partial charge in [-0.2, -0.15) is 0 Å². The van der Waals surface area contributed by atoms with E-state index in [0.29, 0.717) is 17.5 Å². The smallest absolute Gasteiger partial charge is 0.164 e. The molecule has 0 saturated heterocycles. The zero-order chi connectivity index (χ0) is 43.2. The summed E-state index contributed by atoms with van der Waals surface area (Å²) in [6, 6.07) is 71.3. The number of aromatic nitrogens is 3. The normalized spacial score (nSPS) is 12.9. The van der Waals surface area contributed by atoms with E-state index in [1.807, 2.05) is 18.2 Å². The van der Waals surface area contributed by atoms with Crippen LogP contribution in [0.25, 0.3) is 121 Å². The quantitative estimate of drug-likeness (QED) is 0.167. The Balaban J connectivity index is 0.971. The number of hydrogen-bond acceptors (Lipinski definition) is 5. The Hall–Kier alpha value is -7.99. The molecule has 0 saturated carbocycles. The molecule has 4 nitrogen and oxygen atoms in total. The minimum absolute atomic E-state index is 0.117. The number of furan rings is 1. The van der Waals surface area contributed by atoms with Crippen LogP contribution in [0.15, 0.2) is 205 Å². The van der Waals surface area contributed by atoms with E-state index < -0.39 is 0 Å². The first-order valence-electron chi connectivity index (χ1n) is 22.1. The van der Waals surface area contributed by atoms with Crippen molar-refractivity contribution in [3.05, 3.63) is 211 Å². The molecule has 0 bridgehead atoms.